The molecule has 4 rings (SSSR count). The van der Waals surface area contributed by atoms with Crippen LogP contribution in [0.4, 0.5) is 0 Å². The summed E-state index contributed by atoms with van der Waals surface area (Å²) in [5.41, 5.74) is 1.66. The van der Waals surface area contributed by atoms with Crippen molar-refractivity contribution >= 4 is 45.8 Å². The zero-order valence-electron chi connectivity index (χ0n) is 16.7. The van der Waals surface area contributed by atoms with Crippen molar-refractivity contribution in [1.29, 1.82) is 0 Å². The van der Waals surface area contributed by atoms with Crippen LogP contribution in [0.2, 0.25) is 0 Å². The fourth-order valence-electron chi connectivity index (χ4n) is 3.78. The highest BCUT2D eigenvalue weighted by atomic mass is 16.5. The largest absolute Gasteiger partial charge is 0.497 e. The topological polar surface area (TPSA) is 106 Å². The highest BCUT2D eigenvalue weighted by Gasteiger charge is 2.38. The molecule has 2 aromatic heterocycles. The van der Waals surface area contributed by atoms with Gasteiger partial charge in [0.25, 0.3) is 0 Å². The summed E-state index contributed by atoms with van der Waals surface area (Å²) in [5, 5.41) is 1.37. The van der Waals surface area contributed by atoms with E-state index in [0.29, 0.717) is 33.2 Å². The Bertz CT molecular complexity index is 1260. The maximum Gasteiger partial charge on any atom is 0.356 e. The van der Waals surface area contributed by atoms with Crippen molar-refractivity contribution in [3.05, 3.63) is 41.2 Å². The van der Waals surface area contributed by atoms with Crippen molar-refractivity contribution in [2.45, 2.75) is 6.04 Å². The maximum atomic E-state index is 12.7. The lowest BCUT2D eigenvalue weighted by molar-refractivity contribution is -0.146. The summed E-state index contributed by atoms with van der Waals surface area (Å²) in [4.78, 5) is 41.8. The number of carbonyl (C=O) groups excluding carboxylic acids is 3. The van der Waals surface area contributed by atoms with Gasteiger partial charge in [0.2, 0.25) is 0 Å². The second-order valence-corrected chi connectivity index (χ2v) is 6.55. The highest BCUT2D eigenvalue weighted by Crippen LogP contribution is 2.42. The van der Waals surface area contributed by atoms with Gasteiger partial charge in [-0.3, -0.25) is 0 Å². The number of ether oxygens (including phenoxy) is 4. The van der Waals surface area contributed by atoms with Gasteiger partial charge in [0, 0.05) is 10.8 Å². The summed E-state index contributed by atoms with van der Waals surface area (Å²) in [6.45, 7) is 0. The van der Waals surface area contributed by atoms with E-state index in [1.807, 2.05) is 0 Å². The Hall–Kier alpha value is -3.88. The van der Waals surface area contributed by atoms with E-state index < -0.39 is 23.9 Å². The number of hydrogen-bond donors (Lipinski definition) is 0. The smallest absolute Gasteiger partial charge is 0.356 e. The van der Waals surface area contributed by atoms with Crippen LogP contribution in [0.5, 0.6) is 5.75 Å². The summed E-state index contributed by atoms with van der Waals surface area (Å²) in [7, 11) is 5.27. The minimum Gasteiger partial charge on any atom is -0.497 e. The molecule has 1 aliphatic heterocycles. The van der Waals surface area contributed by atoms with Gasteiger partial charge in [0.1, 0.15) is 11.4 Å². The number of pyridine rings is 1. The van der Waals surface area contributed by atoms with Gasteiger partial charge >= 0.3 is 17.9 Å². The zero-order valence-corrected chi connectivity index (χ0v) is 16.7. The number of carbonyl (C=O) groups is 3. The molecule has 0 amide bonds. The Labute approximate surface area is 170 Å². The van der Waals surface area contributed by atoms with Crippen LogP contribution >= 0.6 is 0 Å². The van der Waals surface area contributed by atoms with Gasteiger partial charge in [-0.2, -0.15) is 0 Å². The average Bonchev–Trinajstić information content (AvgIpc) is 3.11. The molecule has 0 spiro atoms. The van der Waals surface area contributed by atoms with Crippen LogP contribution in [0.3, 0.4) is 0 Å². The zero-order chi connectivity index (χ0) is 21.6. The summed E-state index contributed by atoms with van der Waals surface area (Å²) >= 11 is 0. The van der Waals surface area contributed by atoms with E-state index in [2.05, 4.69) is 4.98 Å². The first kappa shape index (κ1) is 19.4. The molecule has 154 valence electrons. The third-order valence-corrected chi connectivity index (χ3v) is 5.10. The Morgan fingerprint density at radius 1 is 0.933 bits per heavy atom. The predicted octanol–water partition coefficient (Wildman–Crippen LogP) is 2.27. The van der Waals surface area contributed by atoms with Crippen molar-refractivity contribution in [2.24, 2.45) is 0 Å². The molecule has 0 radical (unpaired) electrons. The van der Waals surface area contributed by atoms with Crippen LogP contribution < -0.4 is 4.74 Å². The van der Waals surface area contributed by atoms with Gasteiger partial charge in [0.05, 0.1) is 50.7 Å². The molecule has 9 heteroatoms. The lowest BCUT2D eigenvalue weighted by Crippen LogP contribution is -2.29. The van der Waals surface area contributed by atoms with Crippen molar-refractivity contribution < 1.29 is 33.3 Å². The normalized spacial score (nSPS) is 14.9. The molecule has 0 N–H and O–H groups in total. The van der Waals surface area contributed by atoms with Gasteiger partial charge < -0.3 is 23.5 Å². The first-order chi connectivity index (χ1) is 14.4. The predicted molar refractivity (Wildman–Crippen MR) is 106 cm³/mol. The van der Waals surface area contributed by atoms with Crippen LogP contribution in [0.15, 0.2) is 29.8 Å². The first-order valence-electron chi connectivity index (χ1n) is 8.93. The number of fused-ring (bicyclic) bond motifs is 3. The van der Waals surface area contributed by atoms with E-state index in [9.17, 15) is 14.4 Å². The SMILES string of the molecule is COC(=O)C1=Cc2nc(C(=O)OC)cc3c4cc(OC)ccc4n(c23)C1C(=O)OC. The van der Waals surface area contributed by atoms with Crippen LogP contribution in [-0.2, 0) is 23.8 Å². The summed E-state index contributed by atoms with van der Waals surface area (Å²) in [6, 6.07) is 5.81. The Kier molecular flexibility index (Phi) is 4.65. The van der Waals surface area contributed by atoms with Crippen LogP contribution in [0, 0.1) is 0 Å². The summed E-state index contributed by atoms with van der Waals surface area (Å²) in [6.07, 6.45) is 1.44. The number of rotatable bonds is 4. The first-order valence-corrected chi connectivity index (χ1v) is 8.93. The number of aromatic nitrogens is 2. The Morgan fingerprint density at radius 3 is 2.30 bits per heavy atom. The molecule has 1 atom stereocenters. The number of benzene rings is 1. The minimum atomic E-state index is -1.07. The Morgan fingerprint density at radius 2 is 1.67 bits per heavy atom. The average molecular weight is 410 g/mol. The van der Waals surface area contributed by atoms with Gasteiger partial charge in [-0.15, -0.1) is 0 Å². The van der Waals surface area contributed by atoms with Gasteiger partial charge in [0.15, 0.2) is 6.04 Å². The van der Waals surface area contributed by atoms with Crippen molar-refractivity contribution in [1.82, 2.24) is 9.55 Å². The second-order valence-electron chi connectivity index (χ2n) is 6.55. The number of hydrogen-bond acceptors (Lipinski definition) is 8. The molecule has 3 heterocycles. The highest BCUT2D eigenvalue weighted by molar-refractivity contribution is 6.16. The third kappa shape index (κ3) is 2.70. The van der Waals surface area contributed by atoms with Gasteiger partial charge in [-0.05, 0) is 30.3 Å². The minimum absolute atomic E-state index is 0.0426. The van der Waals surface area contributed by atoms with Crippen LogP contribution in [0.1, 0.15) is 22.2 Å². The van der Waals surface area contributed by atoms with Crippen molar-refractivity contribution in [3.8, 4) is 5.75 Å². The monoisotopic (exact) mass is 410 g/mol. The molecule has 9 nitrogen and oxygen atoms in total. The second kappa shape index (κ2) is 7.18. The van der Waals surface area contributed by atoms with E-state index >= 15 is 0 Å². The van der Waals surface area contributed by atoms with Gasteiger partial charge in [-0.25, -0.2) is 19.4 Å². The van der Waals surface area contributed by atoms with Crippen molar-refractivity contribution in [2.75, 3.05) is 28.4 Å². The fraction of sp³-hybridized carbons (Fsp3) is 0.238. The molecule has 0 saturated heterocycles. The molecule has 1 aromatic carbocycles. The van der Waals surface area contributed by atoms with Crippen LogP contribution in [0.25, 0.3) is 27.9 Å². The fourth-order valence-corrected chi connectivity index (χ4v) is 3.78. The van der Waals surface area contributed by atoms with Crippen LogP contribution in [-0.4, -0.2) is 55.9 Å². The van der Waals surface area contributed by atoms with E-state index in [4.69, 9.17) is 18.9 Å². The quantitative estimate of drug-likeness (QED) is 0.476. The van der Waals surface area contributed by atoms with Gasteiger partial charge in [-0.1, -0.05) is 0 Å². The Balaban J connectivity index is 2.17. The molecule has 0 bridgehead atoms. The molecular weight excluding hydrogens is 392 g/mol. The molecule has 0 saturated carbocycles. The number of esters is 3. The lowest BCUT2D eigenvalue weighted by atomic mass is 10.0. The molecule has 1 unspecified atom stereocenters. The maximum absolute atomic E-state index is 12.7. The van der Waals surface area contributed by atoms with E-state index in [1.165, 1.54) is 27.4 Å². The molecule has 30 heavy (non-hydrogen) atoms. The number of methoxy groups -OCH3 is 4. The van der Waals surface area contributed by atoms with E-state index in [-0.39, 0.29) is 11.3 Å². The molecule has 1 aliphatic rings. The van der Waals surface area contributed by atoms with E-state index in [1.54, 1.807) is 35.9 Å². The van der Waals surface area contributed by atoms with E-state index in [0.717, 1.165) is 0 Å². The molecule has 0 aliphatic carbocycles. The molecule has 3 aromatic rings. The molecule has 0 fully saturated rings. The standard InChI is InChI=1S/C21H18N2O7/c1-27-10-5-6-16-11(7-10)12-8-15(20(25)29-3)22-14-9-13(19(24)28-2)18(21(26)30-4)23(16)17(12)14/h5-9,18H,1-4H3. The summed E-state index contributed by atoms with van der Waals surface area (Å²) < 4.78 is 21.7. The summed E-state index contributed by atoms with van der Waals surface area (Å²) in [5.74, 6) is -1.37. The third-order valence-electron chi connectivity index (χ3n) is 5.10. The number of nitrogens with zero attached hydrogens (tertiary/aromatic N) is 2. The molecular formula is C21H18N2O7. The van der Waals surface area contributed by atoms with Crippen molar-refractivity contribution in [3.63, 3.8) is 0 Å². The lowest BCUT2D eigenvalue weighted by Gasteiger charge is -2.24.